The maximum atomic E-state index is 12.9. The molecule has 0 radical (unpaired) electrons. The van der Waals surface area contributed by atoms with Crippen LogP contribution < -0.4 is 19.5 Å². The molecule has 0 aliphatic carbocycles. The second kappa shape index (κ2) is 10.7. The molecule has 9 heteroatoms. The molecule has 1 aliphatic heterocycles. The third-order valence-electron chi connectivity index (χ3n) is 5.60. The fourth-order valence-corrected chi connectivity index (χ4v) is 5.20. The summed E-state index contributed by atoms with van der Waals surface area (Å²) in [6, 6.07) is 12.0. The average Bonchev–Trinajstić information content (AvgIpc) is 2.82. The fourth-order valence-electron chi connectivity index (χ4n) is 3.73. The highest BCUT2D eigenvalue weighted by Crippen LogP contribution is 2.28. The predicted octanol–water partition coefficient (Wildman–Crippen LogP) is 2.61. The van der Waals surface area contributed by atoms with Gasteiger partial charge in [0.15, 0.2) is 11.5 Å². The van der Waals surface area contributed by atoms with Crippen LogP contribution in [-0.4, -0.2) is 59.1 Å². The van der Waals surface area contributed by atoms with Crippen molar-refractivity contribution in [1.82, 2.24) is 9.62 Å². The van der Waals surface area contributed by atoms with Gasteiger partial charge >= 0.3 is 0 Å². The van der Waals surface area contributed by atoms with E-state index >= 15 is 0 Å². The number of rotatable bonds is 9. The number of nitrogens with zero attached hydrogens (tertiary/aromatic N) is 1. The molecule has 1 N–H and O–H groups in total. The van der Waals surface area contributed by atoms with Crippen molar-refractivity contribution in [2.75, 3.05) is 34.4 Å². The molecule has 1 amide bonds. The zero-order valence-electron chi connectivity index (χ0n) is 18.7. The molecule has 1 aliphatic rings. The summed E-state index contributed by atoms with van der Waals surface area (Å²) in [5, 5.41) is 3.03. The number of ether oxygens (including phenoxy) is 3. The average molecular weight is 463 g/mol. The Bertz CT molecular complexity index is 1020. The molecule has 0 bridgehead atoms. The summed E-state index contributed by atoms with van der Waals surface area (Å²) < 4.78 is 42.8. The van der Waals surface area contributed by atoms with Crippen LogP contribution in [0.4, 0.5) is 0 Å². The van der Waals surface area contributed by atoms with Gasteiger partial charge in [-0.1, -0.05) is 6.07 Å². The van der Waals surface area contributed by atoms with Crippen LogP contribution in [0.1, 0.15) is 24.8 Å². The monoisotopic (exact) mass is 462 g/mol. The Labute approximate surface area is 189 Å². The summed E-state index contributed by atoms with van der Waals surface area (Å²) in [5.74, 6) is 1.85. The number of benzene rings is 2. The smallest absolute Gasteiger partial charge is 0.243 e. The zero-order valence-corrected chi connectivity index (χ0v) is 19.5. The largest absolute Gasteiger partial charge is 0.497 e. The molecule has 0 spiro atoms. The number of nitrogens with one attached hydrogen (secondary N) is 1. The number of amides is 1. The maximum Gasteiger partial charge on any atom is 0.243 e. The van der Waals surface area contributed by atoms with E-state index in [1.54, 1.807) is 38.5 Å². The van der Waals surface area contributed by atoms with E-state index in [1.807, 2.05) is 18.2 Å². The summed E-state index contributed by atoms with van der Waals surface area (Å²) in [6.45, 7) is 0.740. The molecule has 0 atom stereocenters. The third-order valence-corrected chi connectivity index (χ3v) is 7.52. The lowest BCUT2D eigenvalue weighted by atomic mass is 10.1. The predicted molar refractivity (Wildman–Crippen MR) is 121 cm³/mol. The van der Waals surface area contributed by atoms with Gasteiger partial charge in [-0.05, 0) is 61.2 Å². The van der Waals surface area contributed by atoms with Gasteiger partial charge in [0.05, 0.1) is 26.2 Å². The summed E-state index contributed by atoms with van der Waals surface area (Å²) in [6.07, 6.45) is 2.09. The first-order chi connectivity index (χ1) is 15.4. The van der Waals surface area contributed by atoms with Crippen LogP contribution in [0.2, 0.25) is 0 Å². The first kappa shape index (κ1) is 23.9. The highest BCUT2D eigenvalue weighted by atomic mass is 32.2. The first-order valence-corrected chi connectivity index (χ1v) is 12.0. The summed E-state index contributed by atoms with van der Waals surface area (Å²) >= 11 is 0. The van der Waals surface area contributed by atoms with Gasteiger partial charge in [-0.15, -0.1) is 0 Å². The zero-order chi connectivity index (χ0) is 23.1. The summed E-state index contributed by atoms with van der Waals surface area (Å²) in [4.78, 5) is 12.7. The lowest BCUT2D eigenvalue weighted by Crippen LogP contribution is -2.46. The normalized spacial score (nSPS) is 15.2. The minimum Gasteiger partial charge on any atom is -0.497 e. The van der Waals surface area contributed by atoms with Crippen LogP contribution in [0.3, 0.4) is 0 Å². The number of sulfonamides is 1. The van der Waals surface area contributed by atoms with Crippen LogP contribution >= 0.6 is 0 Å². The SMILES string of the molecule is COc1ccc(S(=O)(=O)N2CCC(NC(=O)CCc3ccc(OC)c(OC)c3)CC2)cc1. The lowest BCUT2D eigenvalue weighted by Gasteiger charge is -2.31. The Hall–Kier alpha value is -2.78. The Morgan fingerprint density at radius 1 is 0.969 bits per heavy atom. The van der Waals surface area contributed by atoms with E-state index in [2.05, 4.69) is 5.32 Å². The minimum atomic E-state index is -3.55. The lowest BCUT2D eigenvalue weighted by molar-refractivity contribution is -0.122. The fraction of sp³-hybridized carbons (Fsp3) is 0.435. The van der Waals surface area contributed by atoms with Gasteiger partial charge in [0, 0.05) is 25.6 Å². The van der Waals surface area contributed by atoms with Crippen molar-refractivity contribution in [1.29, 1.82) is 0 Å². The molecule has 2 aromatic rings. The molecule has 32 heavy (non-hydrogen) atoms. The Kier molecular flexibility index (Phi) is 7.98. The third kappa shape index (κ3) is 5.72. The number of carbonyl (C=O) groups excluding carboxylic acids is 1. The van der Waals surface area contributed by atoms with Gasteiger partial charge in [-0.2, -0.15) is 4.31 Å². The van der Waals surface area contributed by atoms with Crippen LogP contribution in [0.25, 0.3) is 0 Å². The van der Waals surface area contributed by atoms with Gasteiger partial charge in [0.2, 0.25) is 15.9 Å². The molecular formula is C23H30N2O6S. The van der Waals surface area contributed by atoms with Gasteiger partial charge < -0.3 is 19.5 Å². The minimum absolute atomic E-state index is 0.0322. The standard InChI is InChI=1S/C23H30N2O6S/c1-29-19-6-8-20(9-7-19)32(27,28)25-14-12-18(13-15-25)24-23(26)11-5-17-4-10-21(30-2)22(16-17)31-3/h4,6-10,16,18H,5,11-15H2,1-3H3,(H,24,26). The summed E-state index contributed by atoms with van der Waals surface area (Å²) in [5.41, 5.74) is 0.984. The number of piperidine rings is 1. The molecule has 0 aromatic heterocycles. The molecule has 8 nitrogen and oxygen atoms in total. The van der Waals surface area contributed by atoms with Crippen molar-refractivity contribution >= 4 is 15.9 Å². The van der Waals surface area contributed by atoms with E-state index in [0.29, 0.717) is 56.0 Å². The molecule has 0 unspecified atom stereocenters. The van der Waals surface area contributed by atoms with Gasteiger partial charge in [0.25, 0.3) is 0 Å². The Morgan fingerprint density at radius 3 is 2.22 bits per heavy atom. The highest BCUT2D eigenvalue weighted by molar-refractivity contribution is 7.89. The number of aryl methyl sites for hydroxylation is 1. The van der Waals surface area contributed by atoms with Crippen LogP contribution in [0.15, 0.2) is 47.4 Å². The van der Waals surface area contributed by atoms with Gasteiger partial charge in [-0.25, -0.2) is 8.42 Å². The number of methoxy groups -OCH3 is 3. The van der Waals surface area contributed by atoms with Crippen molar-refractivity contribution in [2.45, 2.75) is 36.6 Å². The molecule has 174 valence electrons. The molecule has 1 heterocycles. The van der Waals surface area contributed by atoms with Crippen molar-refractivity contribution in [2.24, 2.45) is 0 Å². The van der Waals surface area contributed by atoms with E-state index in [4.69, 9.17) is 14.2 Å². The quantitative estimate of drug-likeness (QED) is 0.616. The van der Waals surface area contributed by atoms with Gasteiger partial charge in [-0.3, -0.25) is 4.79 Å². The van der Waals surface area contributed by atoms with Gasteiger partial charge in [0.1, 0.15) is 5.75 Å². The van der Waals surface area contributed by atoms with Crippen molar-refractivity contribution in [3.05, 3.63) is 48.0 Å². The Balaban J connectivity index is 1.48. The molecule has 1 fully saturated rings. The maximum absolute atomic E-state index is 12.9. The number of hydrogen-bond donors (Lipinski definition) is 1. The van der Waals surface area contributed by atoms with Crippen LogP contribution in [-0.2, 0) is 21.2 Å². The second-order valence-corrected chi connectivity index (χ2v) is 9.55. The van der Waals surface area contributed by atoms with Crippen LogP contribution in [0, 0.1) is 0 Å². The van der Waals surface area contributed by atoms with Crippen molar-refractivity contribution in [3.63, 3.8) is 0 Å². The van der Waals surface area contributed by atoms with Crippen LogP contribution in [0.5, 0.6) is 17.2 Å². The molecule has 0 saturated carbocycles. The van der Waals surface area contributed by atoms with E-state index in [1.165, 1.54) is 11.4 Å². The first-order valence-electron chi connectivity index (χ1n) is 10.5. The van der Waals surface area contributed by atoms with Crippen molar-refractivity contribution in [3.8, 4) is 17.2 Å². The molecule has 3 rings (SSSR count). The molecular weight excluding hydrogens is 432 g/mol. The second-order valence-electron chi connectivity index (χ2n) is 7.61. The molecule has 1 saturated heterocycles. The summed E-state index contributed by atoms with van der Waals surface area (Å²) in [7, 11) is 1.14. The van der Waals surface area contributed by atoms with E-state index in [9.17, 15) is 13.2 Å². The van der Waals surface area contributed by atoms with E-state index in [0.717, 1.165) is 5.56 Å². The number of carbonyl (C=O) groups is 1. The topological polar surface area (TPSA) is 94.2 Å². The van der Waals surface area contributed by atoms with E-state index < -0.39 is 10.0 Å². The van der Waals surface area contributed by atoms with Crippen molar-refractivity contribution < 1.29 is 27.4 Å². The number of hydrogen-bond acceptors (Lipinski definition) is 6. The molecule has 2 aromatic carbocycles. The Morgan fingerprint density at radius 2 is 1.62 bits per heavy atom. The highest BCUT2D eigenvalue weighted by Gasteiger charge is 2.29. The van der Waals surface area contributed by atoms with E-state index in [-0.39, 0.29) is 16.8 Å².